The molecule has 0 amide bonds. The molecule has 0 saturated carbocycles. The topological polar surface area (TPSA) is 40.5 Å². The van der Waals surface area contributed by atoms with Gasteiger partial charge in [0.05, 0.1) is 11.2 Å². The normalized spacial score (nSPS) is 15.0. The molecule has 2 N–H and O–H groups in total. The second-order valence-electron chi connectivity index (χ2n) is 8.13. The highest BCUT2D eigenvalue weighted by Gasteiger charge is 2.28. The third-order valence-corrected chi connectivity index (χ3v) is 4.38. The van der Waals surface area contributed by atoms with Gasteiger partial charge in [0.2, 0.25) is 0 Å². The number of rotatable bonds is 15. The minimum atomic E-state index is -0.777. The van der Waals surface area contributed by atoms with Gasteiger partial charge >= 0.3 is 0 Å². The molecule has 1 unspecified atom stereocenters. The van der Waals surface area contributed by atoms with Crippen molar-refractivity contribution in [3.63, 3.8) is 0 Å². The first kappa shape index (κ1) is 21.9. The third kappa shape index (κ3) is 16.3. The molecule has 0 bridgehead atoms. The van der Waals surface area contributed by atoms with Gasteiger partial charge in [-0.05, 0) is 27.2 Å². The van der Waals surface area contributed by atoms with Crippen molar-refractivity contribution in [1.29, 1.82) is 0 Å². The molecule has 0 aliphatic heterocycles. The Labute approximate surface area is 139 Å². The molecule has 2 nitrogen and oxygen atoms in total. The van der Waals surface area contributed by atoms with Crippen LogP contribution in [0.3, 0.4) is 0 Å². The standard InChI is InChI=1S/C20H42O2/c1-5-6-7-8-9-10-11-12-13-14-15-16-17-20(4,22)18-19(2,3)21/h21-22H,5-18H2,1-4H3. The molecule has 0 rings (SSSR count). The average Bonchev–Trinajstić information content (AvgIpc) is 2.37. The maximum Gasteiger partial charge on any atom is 0.0646 e. The van der Waals surface area contributed by atoms with Gasteiger partial charge in [-0.15, -0.1) is 0 Å². The highest BCUT2D eigenvalue weighted by molar-refractivity contribution is 4.81. The molecule has 0 aliphatic carbocycles. The van der Waals surface area contributed by atoms with Crippen LogP contribution in [-0.2, 0) is 0 Å². The fraction of sp³-hybridized carbons (Fsp3) is 1.00. The number of hydrogen-bond donors (Lipinski definition) is 2. The van der Waals surface area contributed by atoms with E-state index in [9.17, 15) is 10.2 Å². The summed E-state index contributed by atoms with van der Waals surface area (Å²) in [5.41, 5.74) is -1.50. The predicted molar refractivity (Wildman–Crippen MR) is 97.2 cm³/mol. The lowest BCUT2D eigenvalue weighted by Gasteiger charge is -2.30. The molecule has 0 saturated heterocycles. The van der Waals surface area contributed by atoms with Crippen molar-refractivity contribution in [3.05, 3.63) is 0 Å². The van der Waals surface area contributed by atoms with Crippen LogP contribution in [0.15, 0.2) is 0 Å². The zero-order chi connectivity index (χ0) is 16.9. The average molecular weight is 315 g/mol. The first-order valence-electron chi connectivity index (χ1n) is 9.71. The Kier molecular flexibility index (Phi) is 12.3. The molecular formula is C20H42O2. The largest absolute Gasteiger partial charge is 0.390 e. The van der Waals surface area contributed by atoms with Crippen LogP contribution in [0.2, 0.25) is 0 Å². The van der Waals surface area contributed by atoms with E-state index < -0.39 is 11.2 Å². The summed E-state index contributed by atoms with van der Waals surface area (Å²) < 4.78 is 0. The zero-order valence-corrected chi connectivity index (χ0v) is 15.8. The molecule has 0 spiro atoms. The van der Waals surface area contributed by atoms with E-state index in [-0.39, 0.29) is 0 Å². The summed E-state index contributed by atoms with van der Waals surface area (Å²) in [5.74, 6) is 0. The van der Waals surface area contributed by atoms with Gasteiger partial charge in [-0.25, -0.2) is 0 Å². The molecule has 0 radical (unpaired) electrons. The van der Waals surface area contributed by atoms with Crippen LogP contribution in [0, 0.1) is 0 Å². The third-order valence-electron chi connectivity index (χ3n) is 4.38. The van der Waals surface area contributed by atoms with Crippen molar-refractivity contribution in [2.24, 2.45) is 0 Å². The molecule has 0 aromatic heterocycles. The number of hydrogen-bond acceptors (Lipinski definition) is 2. The zero-order valence-electron chi connectivity index (χ0n) is 15.8. The second-order valence-corrected chi connectivity index (χ2v) is 8.13. The second kappa shape index (κ2) is 12.4. The van der Waals surface area contributed by atoms with E-state index in [4.69, 9.17) is 0 Å². The summed E-state index contributed by atoms with van der Waals surface area (Å²) >= 11 is 0. The van der Waals surface area contributed by atoms with Gasteiger partial charge in [0, 0.05) is 6.42 Å². The molecular weight excluding hydrogens is 272 g/mol. The fourth-order valence-electron chi connectivity index (χ4n) is 3.37. The molecule has 0 aromatic rings. The summed E-state index contributed by atoms with van der Waals surface area (Å²) in [6.45, 7) is 7.65. The molecule has 134 valence electrons. The van der Waals surface area contributed by atoms with Crippen LogP contribution < -0.4 is 0 Å². The van der Waals surface area contributed by atoms with E-state index in [0.29, 0.717) is 6.42 Å². The Morgan fingerprint density at radius 2 is 0.955 bits per heavy atom. The van der Waals surface area contributed by atoms with Gasteiger partial charge in [-0.2, -0.15) is 0 Å². The molecule has 2 heteroatoms. The molecule has 0 heterocycles. The first-order chi connectivity index (χ1) is 10.3. The van der Waals surface area contributed by atoms with Crippen LogP contribution in [0.25, 0.3) is 0 Å². The lowest BCUT2D eigenvalue weighted by atomic mass is 9.87. The highest BCUT2D eigenvalue weighted by atomic mass is 16.3. The summed E-state index contributed by atoms with van der Waals surface area (Å²) in [7, 11) is 0. The van der Waals surface area contributed by atoms with Crippen molar-refractivity contribution in [2.75, 3.05) is 0 Å². The Bertz CT molecular complexity index is 241. The van der Waals surface area contributed by atoms with Crippen molar-refractivity contribution in [1.82, 2.24) is 0 Å². The van der Waals surface area contributed by atoms with E-state index in [2.05, 4.69) is 6.92 Å². The summed E-state index contributed by atoms with van der Waals surface area (Å²) in [6.07, 6.45) is 17.3. The van der Waals surface area contributed by atoms with Crippen molar-refractivity contribution in [2.45, 2.75) is 129 Å². The number of unbranched alkanes of at least 4 members (excludes halogenated alkanes) is 11. The maximum absolute atomic E-state index is 10.3. The van der Waals surface area contributed by atoms with Gasteiger partial charge in [0.15, 0.2) is 0 Å². The monoisotopic (exact) mass is 314 g/mol. The Balaban J connectivity index is 3.33. The van der Waals surface area contributed by atoms with Crippen molar-refractivity contribution >= 4 is 0 Å². The molecule has 1 atom stereocenters. The van der Waals surface area contributed by atoms with Crippen LogP contribution >= 0.6 is 0 Å². The number of aliphatic hydroxyl groups is 2. The van der Waals surface area contributed by atoms with Gasteiger partial charge in [-0.1, -0.05) is 84.0 Å². The first-order valence-corrected chi connectivity index (χ1v) is 9.71. The molecule has 0 aliphatic rings. The predicted octanol–water partition coefficient (Wildman–Crippen LogP) is 5.99. The summed E-state index contributed by atoms with van der Waals surface area (Å²) in [4.78, 5) is 0. The van der Waals surface area contributed by atoms with E-state index in [0.717, 1.165) is 12.8 Å². The smallest absolute Gasteiger partial charge is 0.0646 e. The van der Waals surface area contributed by atoms with Crippen LogP contribution in [0.1, 0.15) is 118 Å². The minimum absolute atomic E-state index is 0.456. The van der Waals surface area contributed by atoms with Crippen LogP contribution in [0.5, 0.6) is 0 Å². The lowest BCUT2D eigenvalue weighted by molar-refractivity contribution is -0.0409. The lowest BCUT2D eigenvalue weighted by Crippen LogP contribution is -2.35. The van der Waals surface area contributed by atoms with Gasteiger partial charge < -0.3 is 10.2 Å². The quantitative estimate of drug-likeness (QED) is 0.364. The molecule has 22 heavy (non-hydrogen) atoms. The maximum atomic E-state index is 10.3. The molecule has 0 aromatic carbocycles. The molecule has 0 fully saturated rings. The van der Waals surface area contributed by atoms with Crippen molar-refractivity contribution in [3.8, 4) is 0 Å². The fourth-order valence-corrected chi connectivity index (χ4v) is 3.37. The summed E-state index contributed by atoms with van der Waals surface area (Å²) in [5, 5.41) is 20.0. The van der Waals surface area contributed by atoms with E-state index >= 15 is 0 Å². The van der Waals surface area contributed by atoms with E-state index in [1.807, 2.05) is 6.92 Å². The van der Waals surface area contributed by atoms with E-state index in [1.54, 1.807) is 13.8 Å². The summed E-state index contributed by atoms with van der Waals surface area (Å²) in [6, 6.07) is 0. The van der Waals surface area contributed by atoms with Crippen LogP contribution in [-0.4, -0.2) is 21.4 Å². The van der Waals surface area contributed by atoms with E-state index in [1.165, 1.54) is 70.6 Å². The SMILES string of the molecule is CCCCCCCCCCCCCCC(C)(O)CC(C)(C)O. The van der Waals surface area contributed by atoms with Gasteiger partial charge in [0.1, 0.15) is 0 Å². The highest BCUT2D eigenvalue weighted by Crippen LogP contribution is 2.25. The van der Waals surface area contributed by atoms with Crippen molar-refractivity contribution < 1.29 is 10.2 Å². The Morgan fingerprint density at radius 3 is 1.32 bits per heavy atom. The Hall–Kier alpha value is -0.0800. The van der Waals surface area contributed by atoms with Crippen LogP contribution in [0.4, 0.5) is 0 Å². The Morgan fingerprint density at radius 1 is 0.591 bits per heavy atom. The van der Waals surface area contributed by atoms with Gasteiger partial charge in [-0.3, -0.25) is 0 Å². The van der Waals surface area contributed by atoms with Gasteiger partial charge in [0.25, 0.3) is 0 Å². The minimum Gasteiger partial charge on any atom is -0.390 e.